The molecule has 0 radical (unpaired) electrons. The third-order valence-electron chi connectivity index (χ3n) is 3.07. The third kappa shape index (κ3) is 3.34. The molecule has 1 aromatic heterocycles. The van der Waals surface area contributed by atoms with Gasteiger partial charge in [0.2, 0.25) is 0 Å². The Labute approximate surface area is 121 Å². The first-order chi connectivity index (χ1) is 9.59. The summed E-state index contributed by atoms with van der Waals surface area (Å²) in [6.07, 6.45) is 2.54. The van der Waals surface area contributed by atoms with Gasteiger partial charge in [-0.3, -0.25) is 14.8 Å². The number of nitro benzene ring substituents is 1. The van der Waals surface area contributed by atoms with Gasteiger partial charge >= 0.3 is 0 Å². The van der Waals surface area contributed by atoms with Crippen LogP contribution in [0.25, 0.3) is 0 Å². The monoisotopic (exact) mass is 294 g/mol. The van der Waals surface area contributed by atoms with Crippen molar-refractivity contribution in [1.29, 1.82) is 0 Å². The first-order valence-corrected chi connectivity index (χ1v) is 6.56. The minimum absolute atomic E-state index is 0.0468. The second-order valence-electron chi connectivity index (χ2n) is 4.37. The second-order valence-corrected chi connectivity index (χ2v) is 4.77. The normalized spacial score (nSPS) is 10.7. The molecule has 2 rings (SSSR count). The molecule has 0 fully saturated rings. The molecule has 0 atom stereocenters. The molecule has 7 heteroatoms. The van der Waals surface area contributed by atoms with E-state index >= 15 is 0 Å². The third-order valence-corrected chi connectivity index (χ3v) is 3.43. The number of hydrogen-bond donors (Lipinski definition) is 1. The first-order valence-electron chi connectivity index (χ1n) is 6.19. The highest BCUT2D eigenvalue weighted by molar-refractivity contribution is 6.31. The molecule has 0 aliphatic rings. The largest absolute Gasteiger partial charge is 0.312 e. The average Bonchev–Trinajstić information content (AvgIpc) is 2.81. The molecule has 6 nitrogen and oxygen atoms in total. The lowest BCUT2D eigenvalue weighted by molar-refractivity contribution is -0.385. The van der Waals surface area contributed by atoms with Crippen molar-refractivity contribution in [3.05, 3.63) is 56.9 Å². The highest BCUT2D eigenvalue weighted by atomic mass is 35.5. The van der Waals surface area contributed by atoms with E-state index in [1.165, 1.54) is 6.07 Å². The summed E-state index contributed by atoms with van der Waals surface area (Å²) in [6.45, 7) is 1.07. The van der Waals surface area contributed by atoms with E-state index in [9.17, 15) is 10.1 Å². The van der Waals surface area contributed by atoms with Gasteiger partial charge in [-0.05, 0) is 12.1 Å². The van der Waals surface area contributed by atoms with Crippen molar-refractivity contribution in [3.8, 4) is 0 Å². The Morgan fingerprint density at radius 2 is 2.25 bits per heavy atom. The zero-order valence-electron chi connectivity index (χ0n) is 11.0. The molecule has 1 aromatic carbocycles. The fourth-order valence-electron chi connectivity index (χ4n) is 1.97. The highest BCUT2D eigenvalue weighted by Crippen LogP contribution is 2.25. The minimum atomic E-state index is -0.413. The Kier molecular flexibility index (Phi) is 4.70. The molecule has 0 bridgehead atoms. The van der Waals surface area contributed by atoms with E-state index in [4.69, 9.17) is 11.6 Å². The molecule has 0 spiro atoms. The van der Waals surface area contributed by atoms with Crippen LogP contribution in [0.2, 0.25) is 5.02 Å². The number of rotatable bonds is 6. The summed E-state index contributed by atoms with van der Waals surface area (Å²) in [4.78, 5) is 10.5. The Bertz CT molecular complexity index is 612. The maximum absolute atomic E-state index is 10.9. The summed E-state index contributed by atoms with van der Waals surface area (Å²) < 4.78 is 1.81. The van der Waals surface area contributed by atoms with Crippen LogP contribution in [0.4, 0.5) is 5.69 Å². The lowest BCUT2D eigenvalue weighted by atomic mass is 10.1. The van der Waals surface area contributed by atoms with Crippen molar-refractivity contribution in [3.63, 3.8) is 0 Å². The quantitative estimate of drug-likeness (QED) is 0.504. The predicted molar refractivity (Wildman–Crippen MR) is 76.7 cm³/mol. The fourth-order valence-corrected chi connectivity index (χ4v) is 2.21. The lowest BCUT2D eigenvalue weighted by Gasteiger charge is -2.07. The predicted octanol–water partition coefficient (Wildman–Crippen LogP) is 2.31. The van der Waals surface area contributed by atoms with Crippen molar-refractivity contribution in [1.82, 2.24) is 15.1 Å². The van der Waals surface area contributed by atoms with E-state index in [1.54, 1.807) is 23.0 Å². The van der Waals surface area contributed by atoms with Gasteiger partial charge in [-0.1, -0.05) is 17.7 Å². The van der Waals surface area contributed by atoms with Gasteiger partial charge in [0.25, 0.3) is 5.69 Å². The van der Waals surface area contributed by atoms with Crippen LogP contribution in [0.3, 0.4) is 0 Å². The molecule has 0 aliphatic heterocycles. The summed E-state index contributed by atoms with van der Waals surface area (Å²) >= 11 is 6.02. The summed E-state index contributed by atoms with van der Waals surface area (Å²) in [5.41, 5.74) is 1.67. The summed E-state index contributed by atoms with van der Waals surface area (Å²) in [6, 6.07) is 6.65. The van der Waals surface area contributed by atoms with Gasteiger partial charge in [0.1, 0.15) is 0 Å². The number of benzene rings is 1. The molecule has 106 valence electrons. The smallest absolute Gasteiger partial charge is 0.275 e. The molecule has 20 heavy (non-hydrogen) atoms. The van der Waals surface area contributed by atoms with Crippen LogP contribution >= 0.6 is 11.6 Å². The number of nitrogens with zero attached hydrogens (tertiary/aromatic N) is 3. The number of nitrogens with one attached hydrogen (secondary N) is 1. The van der Waals surface area contributed by atoms with E-state index in [1.807, 2.05) is 13.1 Å². The van der Waals surface area contributed by atoms with Gasteiger partial charge in [0, 0.05) is 44.5 Å². The van der Waals surface area contributed by atoms with E-state index in [0.717, 1.165) is 12.1 Å². The number of aryl methyl sites for hydroxylation is 1. The van der Waals surface area contributed by atoms with Crippen LogP contribution in [0.1, 0.15) is 11.3 Å². The summed E-state index contributed by atoms with van der Waals surface area (Å²) in [5.74, 6) is 0. The van der Waals surface area contributed by atoms with Crippen molar-refractivity contribution in [2.45, 2.75) is 13.0 Å². The van der Waals surface area contributed by atoms with E-state index < -0.39 is 4.92 Å². The lowest BCUT2D eigenvalue weighted by Crippen LogP contribution is -2.18. The Balaban J connectivity index is 1.94. The van der Waals surface area contributed by atoms with Crippen LogP contribution in [-0.2, 0) is 20.0 Å². The molecule has 0 unspecified atom stereocenters. The molecule has 0 amide bonds. The van der Waals surface area contributed by atoms with Crippen molar-refractivity contribution < 1.29 is 4.92 Å². The molecule has 1 heterocycles. The maximum atomic E-state index is 10.9. The van der Waals surface area contributed by atoms with Crippen molar-refractivity contribution >= 4 is 17.3 Å². The molecular weight excluding hydrogens is 280 g/mol. The molecule has 0 aliphatic carbocycles. The van der Waals surface area contributed by atoms with Crippen LogP contribution in [0.15, 0.2) is 30.5 Å². The van der Waals surface area contributed by atoms with Crippen molar-refractivity contribution in [2.75, 3.05) is 6.54 Å². The zero-order valence-corrected chi connectivity index (χ0v) is 11.8. The maximum Gasteiger partial charge on any atom is 0.275 e. The number of aromatic nitrogens is 2. The standard InChI is InChI=1S/C13H15ClN4O2/c1-17-10(6-8-16-17)5-7-15-9-11-12(14)3-2-4-13(11)18(19)20/h2-4,6,8,15H,5,7,9H2,1H3. The Morgan fingerprint density at radius 1 is 1.45 bits per heavy atom. The average molecular weight is 295 g/mol. The van der Waals surface area contributed by atoms with Gasteiger partial charge in [0.05, 0.1) is 15.5 Å². The topological polar surface area (TPSA) is 73.0 Å². The number of hydrogen-bond acceptors (Lipinski definition) is 4. The SMILES string of the molecule is Cn1nccc1CCNCc1c(Cl)cccc1[N+](=O)[O-]. The van der Waals surface area contributed by atoms with Crippen LogP contribution in [0.5, 0.6) is 0 Å². The zero-order chi connectivity index (χ0) is 14.5. The number of halogens is 1. The van der Waals surface area contributed by atoms with Gasteiger partial charge < -0.3 is 5.32 Å². The molecule has 2 aromatic rings. The van der Waals surface area contributed by atoms with Crippen LogP contribution in [0, 0.1) is 10.1 Å². The minimum Gasteiger partial charge on any atom is -0.312 e. The van der Waals surface area contributed by atoms with Crippen LogP contribution in [-0.4, -0.2) is 21.2 Å². The van der Waals surface area contributed by atoms with E-state index in [0.29, 0.717) is 23.7 Å². The van der Waals surface area contributed by atoms with Gasteiger partial charge in [-0.25, -0.2) is 0 Å². The van der Waals surface area contributed by atoms with Gasteiger partial charge in [-0.15, -0.1) is 0 Å². The Morgan fingerprint density at radius 3 is 2.90 bits per heavy atom. The molecule has 1 N–H and O–H groups in total. The number of nitro groups is 1. The summed E-state index contributed by atoms with van der Waals surface area (Å²) in [7, 11) is 1.88. The fraction of sp³-hybridized carbons (Fsp3) is 0.308. The Hall–Kier alpha value is -1.92. The summed E-state index contributed by atoms with van der Waals surface area (Å²) in [5, 5.41) is 18.6. The van der Waals surface area contributed by atoms with E-state index in [2.05, 4.69) is 10.4 Å². The second kappa shape index (κ2) is 6.49. The molecule has 0 saturated heterocycles. The van der Waals surface area contributed by atoms with Crippen molar-refractivity contribution in [2.24, 2.45) is 7.05 Å². The molecule has 0 saturated carbocycles. The van der Waals surface area contributed by atoms with Gasteiger partial charge in [0.15, 0.2) is 0 Å². The van der Waals surface area contributed by atoms with Crippen LogP contribution < -0.4 is 5.32 Å². The van der Waals surface area contributed by atoms with Gasteiger partial charge in [-0.2, -0.15) is 5.10 Å². The van der Waals surface area contributed by atoms with E-state index in [-0.39, 0.29) is 5.69 Å². The molecular formula is C13H15ClN4O2. The first kappa shape index (κ1) is 14.5. The highest BCUT2D eigenvalue weighted by Gasteiger charge is 2.15.